The molecule has 1 heterocycles. The average Bonchev–Trinajstić information content (AvgIpc) is 3.01. The van der Waals surface area contributed by atoms with E-state index in [1.165, 1.54) is 11.3 Å². The molecule has 2 aromatic rings. The summed E-state index contributed by atoms with van der Waals surface area (Å²) in [4.78, 5) is 37.8. The summed E-state index contributed by atoms with van der Waals surface area (Å²) in [5, 5.41) is 2.58. The van der Waals surface area contributed by atoms with Crippen molar-refractivity contribution in [1.29, 1.82) is 0 Å². The minimum Gasteiger partial charge on any atom is -0.462 e. The van der Waals surface area contributed by atoms with Crippen LogP contribution in [0.4, 0.5) is 5.69 Å². The van der Waals surface area contributed by atoms with Crippen LogP contribution in [0.25, 0.3) is 0 Å². The summed E-state index contributed by atoms with van der Waals surface area (Å²) in [7, 11) is 0. The van der Waals surface area contributed by atoms with E-state index in [2.05, 4.69) is 12.2 Å². The number of ether oxygens (including phenoxy) is 2. The fraction of sp³-hybridized carbons (Fsp3) is 0.350. The molecular formula is C20H23NO5S. The highest BCUT2D eigenvalue weighted by Gasteiger charge is 2.17. The number of hydrogen-bond acceptors (Lipinski definition) is 6. The number of nitrogens with one attached hydrogen (secondary N) is 1. The van der Waals surface area contributed by atoms with Gasteiger partial charge in [0.2, 0.25) is 0 Å². The number of carbonyl (C=O) groups is 3. The van der Waals surface area contributed by atoms with Gasteiger partial charge in [-0.25, -0.2) is 9.59 Å². The van der Waals surface area contributed by atoms with Gasteiger partial charge in [0, 0.05) is 4.88 Å². The minimum absolute atomic E-state index is 0.235. The van der Waals surface area contributed by atoms with Crippen LogP contribution in [0.15, 0.2) is 30.3 Å². The van der Waals surface area contributed by atoms with Crippen LogP contribution >= 0.6 is 11.3 Å². The van der Waals surface area contributed by atoms with Gasteiger partial charge in [-0.05, 0) is 44.0 Å². The highest BCUT2D eigenvalue weighted by atomic mass is 32.1. The summed E-state index contributed by atoms with van der Waals surface area (Å²) < 4.78 is 10.1. The van der Waals surface area contributed by atoms with E-state index in [1.807, 2.05) is 13.0 Å². The van der Waals surface area contributed by atoms with Crippen LogP contribution in [-0.4, -0.2) is 31.1 Å². The first-order valence-electron chi connectivity index (χ1n) is 8.78. The Morgan fingerprint density at radius 1 is 1.07 bits per heavy atom. The first kappa shape index (κ1) is 20.6. The molecule has 144 valence electrons. The van der Waals surface area contributed by atoms with E-state index < -0.39 is 24.5 Å². The van der Waals surface area contributed by atoms with Gasteiger partial charge in [-0.2, -0.15) is 0 Å². The van der Waals surface area contributed by atoms with E-state index in [0.717, 1.165) is 23.3 Å². The molecule has 0 aliphatic carbocycles. The summed E-state index contributed by atoms with van der Waals surface area (Å²) >= 11 is 1.36. The van der Waals surface area contributed by atoms with Gasteiger partial charge in [0.25, 0.3) is 5.91 Å². The lowest BCUT2D eigenvalue weighted by Crippen LogP contribution is -2.22. The molecule has 1 N–H and O–H groups in total. The van der Waals surface area contributed by atoms with Crippen molar-refractivity contribution in [3.8, 4) is 0 Å². The van der Waals surface area contributed by atoms with E-state index in [1.54, 1.807) is 31.2 Å². The number of rotatable bonds is 8. The highest BCUT2D eigenvalue weighted by Crippen LogP contribution is 2.23. The number of thiophene rings is 1. The number of para-hydroxylation sites is 1. The fourth-order valence-corrected chi connectivity index (χ4v) is 3.47. The number of esters is 2. The van der Waals surface area contributed by atoms with Crippen LogP contribution in [0, 0.1) is 6.92 Å². The number of anilines is 1. The molecule has 0 aliphatic heterocycles. The van der Waals surface area contributed by atoms with Crippen LogP contribution in [0.5, 0.6) is 0 Å². The topological polar surface area (TPSA) is 81.7 Å². The van der Waals surface area contributed by atoms with Gasteiger partial charge in [0.05, 0.1) is 17.9 Å². The third-order valence-corrected chi connectivity index (χ3v) is 4.84. The van der Waals surface area contributed by atoms with E-state index in [9.17, 15) is 14.4 Å². The zero-order valence-electron chi connectivity index (χ0n) is 15.7. The molecule has 0 spiro atoms. The smallest absolute Gasteiger partial charge is 0.348 e. The SMILES string of the molecule is CCCc1cc(C(=O)OCC(=O)Nc2ccccc2C(=O)OCC)sc1C. The Kier molecular flexibility index (Phi) is 7.55. The van der Waals surface area contributed by atoms with E-state index in [-0.39, 0.29) is 12.2 Å². The molecule has 2 rings (SSSR count). The largest absolute Gasteiger partial charge is 0.462 e. The quantitative estimate of drug-likeness (QED) is 0.691. The summed E-state index contributed by atoms with van der Waals surface area (Å²) in [6.45, 7) is 5.55. The Morgan fingerprint density at radius 2 is 1.81 bits per heavy atom. The molecule has 0 saturated heterocycles. The zero-order chi connectivity index (χ0) is 19.8. The molecule has 1 amide bonds. The monoisotopic (exact) mass is 389 g/mol. The maximum atomic E-state index is 12.2. The summed E-state index contributed by atoms with van der Waals surface area (Å²) in [5.74, 6) is -1.58. The van der Waals surface area contributed by atoms with Crippen molar-refractivity contribution in [3.63, 3.8) is 0 Å². The molecule has 7 heteroatoms. The van der Waals surface area contributed by atoms with E-state index in [4.69, 9.17) is 9.47 Å². The van der Waals surface area contributed by atoms with E-state index >= 15 is 0 Å². The van der Waals surface area contributed by atoms with Crippen molar-refractivity contribution in [2.45, 2.75) is 33.6 Å². The maximum absolute atomic E-state index is 12.2. The normalized spacial score (nSPS) is 10.3. The minimum atomic E-state index is -0.528. The van der Waals surface area contributed by atoms with Crippen LogP contribution in [0.2, 0.25) is 0 Å². The predicted molar refractivity (Wildman–Crippen MR) is 104 cm³/mol. The first-order valence-corrected chi connectivity index (χ1v) is 9.60. The van der Waals surface area contributed by atoms with Gasteiger partial charge in [0.15, 0.2) is 6.61 Å². The molecule has 1 aromatic carbocycles. The fourth-order valence-electron chi connectivity index (χ4n) is 2.51. The lowest BCUT2D eigenvalue weighted by molar-refractivity contribution is -0.119. The lowest BCUT2D eigenvalue weighted by atomic mass is 10.1. The maximum Gasteiger partial charge on any atom is 0.348 e. The van der Waals surface area contributed by atoms with Gasteiger partial charge in [-0.15, -0.1) is 11.3 Å². The van der Waals surface area contributed by atoms with Crippen molar-refractivity contribution < 1.29 is 23.9 Å². The molecule has 27 heavy (non-hydrogen) atoms. The summed E-state index contributed by atoms with van der Waals surface area (Å²) in [6, 6.07) is 8.33. The molecule has 1 aromatic heterocycles. The molecule has 0 saturated carbocycles. The Morgan fingerprint density at radius 3 is 2.52 bits per heavy atom. The number of carbonyl (C=O) groups excluding carboxylic acids is 3. The van der Waals surface area contributed by atoms with Crippen molar-refractivity contribution in [3.05, 3.63) is 51.2 Å². The third-order valence-electron chi connectivity index (χ3n) is 3.77. The Labute approximate surface area is 162 Å². The molecule has 0 radical (unpaired) electrons. The van der Waals surface area contributed by atoms with Gasteiger partial charge in [-0.3, -0.25) is 4.79 Å². The lowest BCUT2D eigenvalue weighted by Gasteiger charge is -2.10. The van der Waals surface area contributed by atoms with Crippen LogP contribution < -0.4 is 5.32 Å². The van der Waals surface area contributed by atoms with Crippen molar-refractivity contribution >= 4 is 34.9 Å². The predicted octanol–water partition coefficient (Wildman–Crippen LogP) is 3.98. The summed E-state index contributed by atoms with van der Waals surface area (Å²) in [6.07, 6.45) is 1.90. The van der Waals surface area contributed by atoms with Gasteiger partial charge < -0.3 is 14.8 Å². The van der Waals surface area contributed by atoms with E-state index in [0.29, 0.717) is 10.6 Å². The molecule has 0 atom stereocenters. The molecule has 0 bridgehead atoms. The van der Waals surface area contributed by atoms with Gasteiger partial charge in [-0.1, -0.05) is 25.5 Å². The van der Waals surface area contributed by atoms with Crippen LogP contribution in [-0.2, 0) is 20.7 Å². The Bertz CT molecular complexity index is 828. The summed E-state index contributed by atoms with van der Waals surface area (Å²) in [5.41, 5.74) is 1.69. The molecule has 6 nitrogen and oxygen atoms in total. The Hall–Kier alpha value is -2.67. The molecular weight excluding hydrogens is 366 g/mol. The van der Waals surface area contributed by atoms with Crippen molar-refractivity contribution in [2.24, 2.45) is 0 Å². The molecule has 0 fully saturated rings. The number of benzene rings is 1. The Balaban J connectivity index is 1.96. The van der Waals surface area contributed by atoms with Gasteiger partial charge in [0.1, 0.15) is 4.88 Å². The second-order valence-corrected chi connectivity index (χ2v) is 7.09. The molecule has 0 unspecified atom stereocenters. The first-order chi connectivity index (χ1) is 13.0. The standard InChI is InChI=1S/C20H23NO5S/c1-4-8-14-11-17(27-13(14)3)20(24)26-12-18(22)21-16-10-7-6-9-15(16)19(23)25-5-2/h6-7,9-11H,4-5,8,12H2,1-3H3,(H,21,22). The number of aryl methyl sites for hydroxylation is 2. The zero-order valence-corrected chi connectivity index (χ0v) is 16.5. The average molecular weight is 389 g/mol. The van der Waals surface area contributed by atoms with Crippen molar-refractivity contribution in [2.75, 3.05) is 18.5 Å². The highest BCUT2D eigenvalue weighted by molar-refractivity contribution is 7.14. The third kappa shape index (κ3) is 5.65. The number of amides is 1. The number of hydrogen-bond donors (Lipinski definition) is 1. The molecule has 0 aliphatic rings. The van der Waals surface area contributed by atoms with Gasteiger partial charge >= 0.3 is 11.9 Å². The second-order valence-electron chi connectivity index (χ2n) is 5.83. The van der Waals surface area contributed by atoms with Crippen LogP contribution in [0.1, 0.15) is 50.7 Å². The van der Waals surface area contributed by atoms with Crippen LogP contribution in [0.3, 0.4) is 0 Å². The van der Waals surface area contributed by atoms with Crippen molar-refractivity contribution in [1.82, 2.24) is 0 Å². The second kappa shape index (κ2) is 9.87.